The Labute approximate surface area is 100 Å². The Kier molecular flexibility index (Phi) is 30.1. The zero-order valence-corrected chi connectivity index (χ0v) is 7.32. The van der Waals surface area contributed by atoms with Crippen LogP contribution in [-0.2, 0) is 0 Å². The van der Waals surface area contributed by atoms with Crippen molar-refractivity contribution in [3.8, 4) is 0 Å². The Morgan fingerprint density at radius 3 is 0.538 bits per heavy atom. The van der Waals surface area contributed by atoms with Gasteiger partial charge in [-0.1, -0.05) is 0 Å². The average molecular weight is 361 g/mol. The van der Waals surface area contributed by atoms with E-state index in [1.165, 1.54) is 0 Å². The van der Waals surface area contributed by atoms with Crippen molar-refractivity contribution in [2.75, 3.05) is 0 Å². The molecule has 0 spiro atoms. The fourth-order valence-corrected chi connectivity index (χ4v) is 0. The Balaban J connectivity index is -0.0000000450. The largest absolute Gasteiger partial charge is 0.503 e. The minimum Gasteiger partial charge on any atom is -0.450 e. The predicted octanol–water partition coefficient (Wildman–Crippen LogP) is 0.667. The van der Waals surface area contributed by atoms with Crippen molar-refractivity contribution in [2.24, 2.45) is 0 Å². The summed E-state index contributed by atoms with van der Waals surface area (Å²) in [6, 6.07) is 0. The fraction of sp³-hybridized carbons (Fsp3) is 0. The van der Waals surface area contributed by atoms with Gasteiger partial charge in [0, 0.05) is 36.9 Å². The molecule has 0 saturated carbocycles. The molecular formula is C3H6LuO9. The van der Waals surface area contributed by atoms with Crippen molar-refractivity contribution < 1.29 is 81.9 Å². The molecule has 0 atom stereocenters. The van der Waals surface area contributed by atoms with Crippen LogP contribution in [0.2, 0.25) is 0 Å². The van der Waals surface area contributed by atoms with E-state index in [1.807, 2.05) is 0 Å². The predicted molar refractivity (Wildman–Crippen MR) is 32.0 cm³/mol. The van der Waals surface area contributed by atoms with E-state index in [-0.39, 0.29) is 36.9 Å². The van der Waals surface area contributed by atoms with E-state index in [1.54, 1.807) is 0 Å². The Bertz CT molecular complexity index is 112. The normalized spacial score (nSPS) is 5.54. The summed E-state index contributed by atoms with van der Waals surface area (Å²) in [6.45, 7) is 0. The van der Waals surface area contributed by atoms with E-state index < -0.39 is 18.5 Å². The van der Waals surface area contributed by atoms with Crippen molar-refractivity contribution >= 4 is 18.5 Å². The van der Waals surface area contributed by atoms with Gasteiger partial charge in [-0.3, -0.25) is 0 Å². The maximum atomic E-state index is 8.56. The SMILES string of the molecule is O=C(O)O.O=C(O)O.O=C(O)O.[Lu]. The molecule has 0 amide bonds. The van der Waals surface area contributed by atoms with Crippen LogP contribution >= 0.6 is 0 Å². The van der Waals surface area contributed by atoms with Gasteiger partial charge in [0.1, 0.15) is 0 Å². The van der Waals surface area contributed by atoms with Gasteiger partial charge in [0.25, 0.3) is 0 Å². The second kappa shape index (κ2) is 17.2. The molecule has 0 rings (SSSR count). The third kappa shape index (κ3) is 988. The summed E-state index contributed by atoms with van der Waals surface area (Å²) in [5.74, 6) is 0. The molecule has 0 unspecified atom stereocenters. The summed E-state index contributed by atoms with van der Waals surface area (Å²) < 4.78 is 0. The molecule has 87 valence electrons. The van der Waals surface area contributed by atoms with Crippen LogP contribution in [0.1, 0.15) is 0 Å². The van der Waals surface area contributed by atoms with Crippen molar-refractivity contribution in [3.63, 3.8) is 0 Å². The van der Waals surface area contributed by atoms with Crippen LogP contribution in [0.3, 0.4) is 0 Å². The van der Waals surface area contributed by atoms with Gasteiger partial charge >= 0.3 is 18.5 Å². The molecule has 0 saturated heterocycles. The molecule has 0 aliphatic carbocycles. The van der Waals surface area contributed by atoms with E-state index in [0.717, 1.165) is 0 Å². The molecule has 0 aromatic rings. The topological polar surface area (TPSA) is 173 Å². The zero-order valence-electron chi connectivity index (χ0n) is 5.67. The van der Waals surface area contributed by atoms with Gasteiger partial charge in [0.15, 0.2) is 0 Å². The molecule has 0 aromatic carbocycles. The van der Waals surface area contributed by atoms with Gasteiger partial charge in [-0.05, 0) is 0 Å². The van der Waals surface area contributed by atoms with Gasteiger partial charge in [-0.2, -0.15) is 0 Å². The second-order valence-electron chi connectivity index (χ2n) is 0.848. The van der Waals surface area contributed by atoms with Gasteiger partial charge in [0.2, 0.25) is 0 Å². The Hall–Kier alpha value is -0.956. The number of rotatable bonds is 0. The molecule has 0 fully saturated rings. The first-order chi connectivity index (χ1) is 5.20. The molecule has 0 aliphatic heterocycles. The van der Waals surface area contributed by atoms with Gasteiger partial charge < -0.3 is 30.6 Å². The summed E-state index contributed by atoms with van der Waals surface area (Å²) in [5.41, 5.74) is 0. The molecule has 1 radical (unpaired) electrons. The maximum Gasteiger partial charge on any atom is 0.503 e. The van der Waals surface area contributed by atoms with E-state index in [0.29, 0.717) is 0 Å². The second-order valence-corrected chi connectivity index (χ2v) is 0.848. The molecule has 0 heterocycles. The summed E-state index contributed by atoms with van der Waals surface area (Å²) in [6.07, 6.45) is -5.50. The first-order valence-electron chi connectivity index (χ1n) is 1.95. The summed E-state index contributed by atoms with van der Waals surface area (Å²) in [5, 5.41) is 41.8. The van der Waals surface area contributed by atoms with Gasteiger partial charge in [-0.25, -0.2) is 14.4 Å². The monoisotopic (exact) mass is 361 g/mol. The van der Waals surface area contributed by atoms with E-state index in [4.69, 9.17) is 45.0 Å². The molecule has 9 nitrogen and oxygen atoms in total. The first kappa shape index (κ1) is 22.7. The van der Waals surface area contributed by atoms with Crippen molar-refractivity contribution in [2.45, 2.75) is 0 Å². The average Bonchev–Trinajstić information content (AvgIpc) is 1.54. The molecule has 6 N–H and O–H groups in total. The summed E-state index contributed by atoms with van der Waals surface area (Å²) >= 11 is 0. The van der Waals surface area contributed by atoms with Crippen LogP contribution < -0.4 is 0 Å². The number of carboxylic acid groups (broad SMARTS) is 6. The van der Waals surface area contributed by atoms with E-state index >= 15 is 0 Å². The molecule has 0 aromatic heterocycles. The van der Waals surface area contributed by atoms with Crippen LogP contribution in [0.4, 0.5) is 14.4 Å². The third-order valence-corrected chi connectivity index (χ3v) is 0. The van der Waals surface area contributed by atoms with E-state index in [2.05, 4.69) is 0 Å². The van der Waals surface area contributed by atoms with E-state index in [9.17, 15) is 0 Å². The van der Waals surface area contributed by atoms with Gasteiger partial charge in [-0.15, -0.1) is 0 Å². The quantitative estimate of drug-likeness (QED) is 0.362. The van der Waals surface area contributed by atoms with Crippen LogP contribution in [0.5, 0.6) is 0 Å². The minimum absolute atomic E-state index is 0. The first-order valence-corrected chi connectivity index (χ1v) is 1.95. The van der Waals surface area contributed by atoms with Crippen LogP contribution in [0.15, 0.2) is 0 Å². The summed E-state index contributed by atoms with van der Waals surface area (Å²) in [4.78, 5) is 25.7. The van der Waals surface area contributed by atoms with Crippen LogP contribution in [-0.4, -0.2) is 49.1 Å². The Morgan fingerprint density at radius 2 is 0.538 bits per heavy atom. The zero-order chi connectivity index (χ0) is 10.7. The minimum atomic E-state index is -1.83. The number of hydrogen-bond donors (Lipinski definition) is 6. The Morgan fingerprint density at radius 1 is 0.538 bits per heavy atom. The van der Waals surface area contributed by atoms with Gasteiger partial charge in [0.05, 0.1) is 0 Å². The maximum absolute atomic E-state index is 8.56. The fourth-order valence-electron chi connectivity index (χ4n) is 0. The standard InChI is InChI=1S/3CH2O3.Lu/c3*2-1(3)4;/h3*(H2,2,3,4);. The molecule has 13 heavy (non-hydrogen) atoms. The molecule has 0 aliphatic rings. The van der Waals surface area contributed by atoms with Crippen molar-refractivity contribution in [1.82, 2.24) is 0 Å². The number of hydrogen-bond acceptors (Lipinski definition) is 3. The van der Waals surface area contributed by atoms with Crippen molar-refractivity contribution in [1.29, 1.82) is 0 Å². The van der Waals surface area contributed by atoms with Crippen molar-refractivity contribution in [3.05, 3.63) is 0 Å². The summed E-state index contributed by atoms with van der Waals surface area (Å²) in [7, 11) is 0. The molecule has 10 heteroatoms. The third-order valence-electron chi connectivity index (χ3n) is 0. The molecule has 0 bridgehead atoms. The van der Waals surface area contributed by atoms with Crippen LogP contribution in [0.25, 0.3) is 0 Å². The number of carbonyl (C=O) groups is 3. The smallest absolute Gasteiger partial charge is 0.450 e. The molecular weight excluding hydrogens is 355 g/mol. The van der Waals surface area contributed by atoms with Crippen LogP contribution in [0, 0.1) is 36.9 Å².